The van der Waals surface area contributed by atoms with E-state index in [0.29, 0.717) is 13.1 Å². The summed E-state index contributed by atoms with van der Waals surface area (Å²) in [5.74, 6) is -0.401. The van der Waals surface area contributed by atoms with Crippen molar-refractivity contribution in [3.8, 4) is 0 Å². The summed E-state index contributed by atoms with van der Waals surface area (Å²) in [4.78, 5) is 33.1. The van der Waals surface area contributed by atoms with Crippen LogP contribution in [0.2, 0.25) is 0 Å². The third-order valence-electron chi connectivity index (χ3n) is 4.75. The number of ether oxygens (including phenoxy) is 1. The average molecular weight is 362 g/mol. The van der Waals surface area contributed by atoms with Crippen LogP contribution < -0.4 is 5.32 Å². The number of carbonyl (C=O) groups is 2. The summed E-state index contributed by atoms with van der Waals surface area (Å²) in [6, 6.07) is 3.86. The van der Waals surface area contributed by atoms with E-state index < -0.39 is 5.41 Å². The Morgan fingerprint density at radius 3 is 2.58 bits per heavy atom. The van der Waals surface area contributed by atoms with E-state index >= 15 is 0 Å². The second kappa shape index (κ2) is 9.64. The van der Waals surface area contributed by atoms with E-state index in [-0.39, 0.29) is 11.8 Å². The number of carbonyl (C=O) groups excluding carboxylic acids is 2. The van der Waals surface area contributed by atoms with Crippen molar-refractivity contribution in [3.05, 3.63) is 30.1 Å². The second-order valence-corrected chi connectivity index (χ2v) is 7.17. The van der Waals surface area contributed by atoms with Crippen LogP contribution in [-0.4, -0.2) is 79.6 Å². The van der Waals surface area contributed by atoms with Crippen LogP contribution in [0.25, 0.3) is 0 Å². The van der Waals surface area contributed by atoms with E-state index in [4.69, 9.17) is 4.74 Å². The fraction of sp³-hybridized carbons (Fsp3) is 0.632. The van der Waals surface area contributed by atoms with Gasteiger partial charge in [-0.15, -0.1) is 0 Å². The van der Waals surface area contributed by atoms with Gasteiger partial charge in [0.25, 0.3) is 0 Å². The van der Waals surface area contributed by atoms with Crippen molar-refractivity contribution in [3.63, 3.8) is 0 Å². The van der Waals surface area contributed by atoms with E-state index in [1.165, 1.54) is 0 Å². The van der Waals surface area contributed by atoms with Crippen molar-refractivity contribution in [1.29, 1.82) is 0 Å². The molecule has 144 valence electrons. The van der Waals surface area contributed by atoms with Crippen molar-refractivity contribution in [2.45, 2.75) is 20.3 Å². The summed E-state index contributed by atoms with van der Waals surface area (Å²) in [6.45, 7) is 8.48. The molecule has 2 amide bonds. The van der Waals surface area contributed by atoms with Crippen molar-refractivity contribution in [1.82, 2.24) is 20.1 Å². The number of nitrogens with one attached hydrogen (secondary N) is 1. The van der Waals surface area contributed by atoms with Gasteiger partial charge in [-0.05, 0) is 38.0 Å². The quantitative estimate of drug-likeness (QED) is 0.684. The summed E-state index contributed by atoms with van der Waals surface area (Å²) >= 11 is 0. The molecule has 7 heteroatoms. The number of amides is 2. The van der Waals surface area contributed by atoms with Gasteiger partial charge in [-0.25, -0.2) is 0 Å². The lowest BCUT2D eigenvalue weighted by Crippen LogP contribution is -2.50. The topological polar surface area (TPSA) is 74.8 Å². The van der Waals surface area contributed by atoms with Gasteiger partial charge in [-0.1, -0.05) is 0 Å². The Morgan fingerprint density at radius 2 is 1.92 bits per heavy atom. The number of rotatable bonds is 8. The van der Waals surface area contributed by atoms with Gasteiger partial charge in [0.05, 0.1) is 13.2 Å². The molecule has 0 spiro atoms. The number of pyridine rings is 1. The molecule has 0 unspecified atom stereocenters. The number of nitrogens with zero attached hydrogens (tertiary/aromatic N) is 3. The van der Waals surface area contributed by atoms with Crippen LogP contribution in [0, 0.1) is 5.41 Å². The first-order chi connectivity index (χ1) is 12.4. The number of hydrogen-bond acceptors (Lipinski definition) is 5. The first kappa shape index (κ1) is 20.3. The van der Waals surface area contributed by atoms with Crippen molar-refractivity contribution in [2.24, 2.45) is 5.41 Å². The third kappa shape index (κ3) is 5.78. The van der Waals surface area contributed by atoms with Gasteiger partial charge in [0.1, 0.15) is 5.41 Å². The lowest BCUT2D eigenvalue weighted by molar-refractivity contribution is -0.147. The van der Waals surface area contributed by atoms with E-state index in [2.05, 4.69) is 15.2 Å². The van der Waals surface area contributed by atoms with E-state index in [9.17, 15) is 9.59 Å². The molecule has 0 aliphatic carbocycles. The highest BCUT2D eigenvalue weighted by atomic mass is 16.5. The molecular formula is C19H30N4O3. The Kier molecular flexibility index (Phi) is 7.53. The molecule has 0 atom stereocenters. The highest BCUT2D eigenvalue weighted by Gasteiger charge is 2.37. The highest BCUT2D eigenvalue weighted by molar-refractivity contribution is 6.04. The monoisotopic (exact) mass is 362 g/mol. The fourth-order valence-electron chi connectivity index (χ4n) is 2.90. The van der Waals surface area contributed by atoms with Gasteiger partial charge in [-0.2, -0.15) is 0 Å². The fourth-order valence-corrected chi connectivity index (χ4v) is 2.90. The molecule has 26 heavy (non-hydrogen) atoms. The van der Waals surface area contributed by atoms with Crippen LogP contribution in [0.5, 0.6) is 0 Å². The predicted molar refractivity (Wildman–Crippen MR) is 99.6 cm³/mol. The molecule has 1 aliphatic heterocycles. The summed E-state index contributed by atoms with van der Waals surface area (Å²) in [5.41, 5.74) is 0.0327. The zero-order valence-corrected chi connectivity index (χ0v) is 16.0. The second-order valence-electron chi connectivity index (χ2n) is 7.17. The molecular weight excluding hydrogens is 332 g/mol. The molecule has 1 aromatic rings. The molecule has 1 saturated heterocycles. The van der Waals surface area contributed by atoms with Gasteiger partial charge in [0.15, 0.2) is 0 Å². The Labute approximate surface area is 155 Å². The van der Waals surface area contributed by atoms with Crippen molar-refractivity contribution >= 4 is 11.8 Å². The van der Waals surface area contributed by atoms with Crippen LogP contribution in [-0.2, 0) is 20.7 Å². The minimum Gasteiger partial charge on any atom is -0.379 e. The Balaban J connectivity index is 1.77. The number of likely N-dealkylation sites (N-methyl/N-ethyl adjacent to an activating group) is 1. The summed E-state index contributed by atoms with van der Waals surface area (Å²) in [7, 11) is 1.74. The zero-order chi connectivity index (χ0) is 19.0. The molecule has 7 nitrogen and oxygen atoms in total. The van der Waals surface area contributed by atoms with E-state index in [0.717, 1.165) is 44.8 Å². The van der Waals surface area contributed by atoms with Crippen LogP contribution in [0.1, 0.15) is 19.4 Å². The third-order valence-corrected chi connectivity index (χ3v) is 4.75. The van der Waals surface area contributed by atoms with E-state index in [1.807, 2.05) is 12.1 Å². The first-order valence-electron chi connectivity index (χ1n) is 9.14. The largest absolute Gasteiger partial charge is 0.379 e. The van der Waals surface area contributed by atoms with E-state index in [1.54, 1.807) is 38.2 Å². The van der Waals surface area contributed by atoms with Gasteiger partial charge in [0.2, 0.25) is 11.8 Å². The van der Waals surface area contributed by atoms with Crippen LogP contribution in [0.15, 0.2) is 24.5 Å². The summed E-state index contributed by atoms with van der Waals surface area (Å²) in [5, 5.41) is 2.90. The van der Waals surface area contributed by atoms with Gasteiger partial charge in [-0.3, -0.25) is 19.5 Å². The smallest absolute Gasteiger partial charge is 0.237 e. The van der Waals surface area contributed by atoms with Crippen LogP contribution in [0.3, 0.4) is 0 Å². The lowest BCUT2D eigenvalue weighted by Gasteiger charge is -2.30. The predicted octanol–water partition coefficient (Wildman–Crippen LogP) is 0.557. The molecule has 1 aliphatic rings. The highest BCUT2D eigenvalue weighted by Crippen LogP contribution is 2.19. The summed E-state index contributed by atoms with van der Waals surface area (Å²) in [6.07, 6.45) is 4.21. The molecule has 0 radical (unpaired) electrons. The minimum absolute atomic E-state index is 0.171. The van der Waals surface area contributed by atoms with Crippen LogP contribution >= 0.6 is 0 Å². The number of hydrogen-bond donors (Lipinski definition) is 1. The van der Waals surface area contributed by atoms with Crippen molar-refractivity contribution in [2.75, 3.05) is 53.0 Å². The molecule has 2 rings (SSSR count). The minimum atomic E-state index is -1.09. The van der Waals surface area contributed by atoms with Gasteiger partial charge >= 0.3 is 0 Å². The zero-order valence-electron chi connectivity index (χ0n) is 16.0. The number of aromatic nitrogens is 1. The Bertz CT molecular complexity index is 586. The first-order valence-corrected chi connectivity index (χ1v) is 9.14. The molecule has 0 saturated carbocycles. The number of morpholine rings is 1. The maximum atomic E-state index is 12.7. The molecule has 2 heterocycles. The molecule has 1 fully saturated rings. The maximum Gasteiger partial charge on any atom is 0.237 e. The molecule has 1 N–H and O–H groups in total. The maximum absolute atomic E-state index is 12.7. The standard InChI is InChI=1S/C19H30N4O3/c1-19(2,17(24)21-9-11-23-12-14-26-15-13-23)18(25)22(3)10-6-16-4-7-20-8-5-16/h4-5,7-8H,6,9-15H2,1-3H3,(H,21,24). The molecule has 1 aromatic heterocycles. The molecule has 0 aromatic carbocycles. The summed E-state index contributed by atoms with van der Waals surface area (Å²) < 4.78 is 5.31. The Hall–Kier alpha value is -1.99. The van der Waals surface area contributed by atoms with Gasteiger partial charge in [0, 0.05) is 52.2 Å². The normalized spacial score (nSPS) is 15.5. The van der Waals surface area contributed by atoms with Crippen molar-refractivity contribution < 1.29 is 14.3 Å². The Morgan fingerprint density at radius 1 is 1.27 bits per heavy atom. The average Bonchev–Trinajstić information content (AvgIpc) is 2.67. The van der Waals surface area contributed by atoms with Crippen LogP contribution in [0.4, 0.5) is 0 Å². The molecule has 0 bridgehead atoms. The van der Waals surface area contributed by atoms with Gasteiger partial charge < -0.3 is 15.0 Å². The lowest BCUT2D eigenvalue weighted by atomic mass is 9.90. The SMILES string of the molecule is CN(CCc1ccncc1)C(=O)C(C)(C)C(=O)NCCN1CCOCC1.